The molecule has 27 heavy (non-hydrogen) atoms. The van der Waals surface area contributed by atoms with Crippen molar-refractivity contribution in [3.8, 4) is 0 Å². The van der Waals surface area contributed by atoms with E-state index in [1.54, 1.807) is 21.3 Å². The van der Waals surface area contributed by atoms with Crippen LogP contribution in [0, 0.1) is 0 Å². The molecule has 1 saturated heterocycles. The maximum absolute atomic E-state index is 6.23. The van der Waals surface area contributed by atoms with Crippen molar-refractivity contribution < 1.29 is 13.3 Å². The van der Waals surface area contributed by atoms with E-state index in [-0.39, 0.29) is 0 Å². The zero-order valence-electron chi connectivity index (χ0n) is 16.4. The van der Waals surface area contributed by atoms with E-state index in [1.807, 2.05) is 36.4 Å². The zero-order valence-corrected chi connectivity index (χ0v) is 19.4. The smallest absolute Gasteiger partial charge is 0.378 e. The Morgan fingerprint density at radius 3 is 1.44 bits per heavy atom. The van der Waals surface area contributed by atoms with Crippen molar-refractivity contribution >= 4 is 36.3 Å². The van der Waals surface area contributed by atoms with Crippen molar-refractivity contribution in [3.63, 3.8) is 0 Å². The number of benzene rings is 2. The molecule has 0 spiro atoms. The average Bonchev–Trinajstić information content (AvgIpc) is 2.74. The molecule has 6 nitrogen and oxygen atoms in total. The molecule has 0 bridgehead atoms. The van der Waals surface area contributed by atoms with Gasteiger partial charge in [-0.05, 0) is 16.4 Å². The van der Waals surface area contributed by atoms with Crippen molar-refractivity contribution in [2.45, 2.75) is 19.4 Å². The van der Waals surface area contributed by atoms with Gasteiger partial charge in [0.1, 0.15) is 0 Å². The van der Waals surface area contributed by atoms with E-state index in [2.05, 4.69) is 45.1 Å². The Morgan fingerprint density at radius 1 is 0.667 bits per heavy atom. The molecule has 1 heterocycles. The fourth-order valence-electron chi connectivity index (χ4n) is 3.67. The van der Waals surface area contributed by atoms with E-state index in [4.69, 9.17) is 13.3 Å². The van der Waals surface area contributed by atoms with Crippen LogP contribution in [-0.2, 0) is 13.3 Å². The average molecular weight is 420 g/mol. The molecular weight excluding hydrogens is 390 g/mol. The van der Waals surface area contributed by atoms with Crippen molar-refractivity contribution in [1.82, 2.24) is 13.9 Å². The highest BCUT2D eigenvalue weighted by Gasteiger charge is 2.62. The van der Waals surface area contributed by atoms with Gasteiger partial charge in [0.15, 0.2) is 0 Å². The minimum absolute atomic E-state index is 0.918. The normalized spacial score (nSPS) is 31.0. The van der Waals surface area contributed by atoms with Crippen LogP contribution in [0.2, 0.25) is 6.04 Å². The molecule has 146 valence electrons. The predicted octanol–water partition coefficient (Wildman–Crippen LogP) is 0.749. The van der Waals surface area contributed by atoms with E-state index in [1.165, 1.54) is 0 Å². The molecule has 2 aromatic rings. The van der Waals surface area contributed by atoms with E-state index in [9.17, 15) is 0 Å². The minimum atomic E-state index is -2.75. The summed E-state index contributed by atoms with van der Waals surface area (Å²) in [5, 5.41) is 2.26. The Labute approximate surface area is 165 Å². The Bertz CT molecular complexity index is 685. The largest absolute Gasteiger partial charge is 0.396 e. The van der Waals surface area contributed by atoms with Crippen LogP contribution in [0.3, 0.4) is 0 Å². The fourth-order valence-corrected chi connectivity index (χ4v) is 21.1. The second-order valence-electron chi connectivity index (χ2n) is 6.66. The summed E-state index contributed by atoms with van der Waals surface area (Å²) in [5.41, 5.74) is 0. The molecule has 1 fully saturated rings. The van der Waals surface area contributed by atoms with Crippen molar-refractivity contribution in [2.75, 3.05) is 21.3 Å². The summed E-state index contributed by atoms with van der Waals surface area (Å²) >= 11 is 0. The first kappa shape index (κ1) is 20.6. The lowest BCUT2D eigenvalue weighted by atomic mass is 10.4. The Hall–Kier alpha value is -1.15. The first-order valence-electron chi connectivity index (χ1n) is 9.22. The van der Waals surface area contributed by atoms with Gasteiger partial charge in [0.2, 0.25) is 0 Å². The molecule has 0 amide bonds. The quantitative estimate of drug-likeness (QED) is 0.576. The van der Waals surface area contributed by atoms with E-state index in [0.29, 0.717) is 0 Å². The van der Waals surface area contributed by atoms with Gasteiger partial charge in [0.05, 0.1) is 0 Å². The van der Waals surface area contributed by atoms with Gasteiger partial charge in [-0.2, -0.15) is 0 Å². The lowest BCUT2D eigenvalue weighted by Crippen LogP contribution is -2.98. The van der Waals surface area contributed by atoms with Gasteiger partial charge in [-0.1, -0.05) is 74.0 Å². The molecule has 0 aromatic heterocycles. The molecule has 3 rings (SSSR count). The summed E-state index contributed by atoms with van der Waals surface area (Å²) in [6.07, 6.45) is 1.01. The minimum Gasteiger partial charge on any atom is -0.396 e. The number of hydrogen-bond acceptors (Lipinski definition) is 6. The van der Waals surface area contributed by atoms with Crippen molar-refractivity contribution in [3.05, 3.63) is 60.7 Å². The van der Waals surface area contributed by atoms with Gasteiger partial charge < -0.3 is 13.3 Å². The Morgan fingerprint density at radius 2 is 1.11 bits per heavy atom. The second kappa shape index (κ2) is 8.47. The third-order valence-electron chi connectivity index (χ3n) is 5.03. The van der Waals surface area contributed by atoms with Gasteiger partial charge >= 0.3 is 25.9 Å². The third kappa shape index (κ3) is 3.88. The van der Waals surface area contributed by atoms with Gasteiger partial charge in [0.25, 0.3) is 0 Å². The monoisotopic (exact) mass is 419 g/mol. The van der Waals surface area contributed by atoms with E-state index in [0.717, 1.165) is 22.8 Å². The highest BCUT2D eigenvalue weighted by atomic mass is 28.5. The van der Waals surface area contributed by atoms with Crippen molar-refractivity contribution in [1.29, 1.82) is 0 Å². The van der Waals surface area contributed by atoms with Crippen molar-refractivity contribution in [2.24, 2.45) is 0 Å². The molecule has 0 radical (unpaired) electrons. The molecule has 0 saturated carbocycles. The zero-order chi connectivity index (χ0) is 19.4. The van der Waals surface area contributed by atoms with Crippen LogP contribution < -0.4 is 24.3 Å². The Kier molecular flexibility index (Phi) is 6.46. The molecule has 1 aliphatic rings. The fraction of sp³-hybridized carbons (Fsp3) is 0.333. The van der Waals surface area contributed by atoms with Crippen LogP contribution in [0.1, 0.15) is 13.3 Å². The summed E-state index contributed by atoms with van der Waals surface area (Å²) in [5.74, 6) is 0. The summed E-state index contributed by atoms with van der Waals surface area (Å²) in [6.45, 7) is 2.18. The summed E-state index contributed by atoms with van der Waals surface area (Å²) in [4.78, 5) is 0. The highest BCUT2D eigenvalue weighted by molar-refractivity contribution is 7.09. The summed E-state index contributed by atoms with van der Waals surface area (Å²) in [7, 11) is -2.71. The lowest BCUT2D eigenvalue weighted by molar-refractivity contribution is 0.326. The van der Waals surface area contributed by atoms with Gasteiger partial charge in [-0.15, -0.1) is 0 Å². The first-order valence-corrected chi connectivity index (χ1v) is 15.2. The molecule has 3 N–H and O–H groups in total. The molecular formula is C18H29N3O3Si3. The predicted molar refractivity (Wildman–Crippen MR) is 115 cm³/mol. The van der Waals surface area contributed by atoms with Crippen LogP contribution in [0.25, 0.3) is 0 Å². The molecule has 2 unspecified atom stereocenters. The molecule has 0 aliphatic carbocycles. The third-order valence-corrected chi connectivity index (χ3v) is 19.3. The van der Waals surface area contributed by atoms with Crippen LogP contribution in [0.15, 0.2) is 60.7 Å². The van der Waals surface area contributed by atoms with Crippen LogP contribution in [-0.4, -0.2) is 47.3 Å². The molecule has 1 aliphatic heterocycles. The maximum Gasteiger partial charge on any atom is 0.378 e. The molecule has 2 aromatic carbocycles. The van der Waals surface area contributed by atoms with E-state index >= 15 is 0 Å². The van der Waals surface area contributed by atoms with Crippen LogP contribution >= 0.6 is 0 Å². The lowest BCUT2D eigenvalue weighted by Gasteiger charge is -2.52. The van der Waals surface area contributed by atoms with Gasteiger partial charge in [-0.3, -0.25) is 13.9 Å². The summed E-state index contributed by atoms with van der Waals surface area (Å²) < 4.78 is 30.1. The number of hydrogen-bond donors (Lipinski definition) is 3. The van der Waals surface area contributed by atoms with Crippen LogP contribution in [0.5, 0.6) is 0 Å². The first-order chi connectivity index (χ1) is 13.1. The second-order valence-corrected chi connectivity index (χ2v) is 16.9. The molecule has 2 atom stereocenters. The number of rotatable bonds is 7. The van der Waals surface area contributed by atoms with Crippen LogP contribution in [0.4, 0.5) is 0 Å². The topological polar surface area (TPSA) is 63.8 Å². The maximum atomic E-state index is 6.23. The molecule has 9 heteroatoms. The van der Waals surface area contributed by atoms with Gasteiger partial charge in [-0.25, -0.2) is 0 Å². The van der Waals surface area contributed by atoms with E-state index < -0.39 is 25.9 Å². The standard InChI is InChI=1S/C18H29N3O3Si3/c1-5-16-25(22-2)19-26(23-3,17-12-8-6-9-13-17)21-27(20-25,24-4)18-14-10-7-11-15-18/h6-15,19-21H,5,16H2,1-4H3. The Balaban J connectivity index is 2.17. The SMILES string of the molecule is CCC[Si]1(OC)N[Si](OC)(c2ccccc2)N[Si](OC)(c2ccccc2)N1. The highest BCUT2D eigenvalue weighted by Crippen LogP contribution is 2.19. The van der Waals surface area contributed by atoms with Gasteiger partial charge in [0, 0.05) is 21.3 Å². The summed E-state index contributed by atoms with van der Waals surface area (Å²) in [6, 6.07) is 21.6. The number of nitrogens with one attached hydrogen (secondary N) is 3.